The Balaban J connectivity index is 2.44. The highest BCUT2D eigenvalue weighted by Crippen LogP contribution is 2.21. The Hall–Kier alpha value is -1.55. The van der Waals surface area contributed by atoms with E-state index in [1.165, 1.54) is 0 Å². The molecular weight excluding hydrogens is 240 g/mol. The van der Waals surface area contributed by atoms with Gasteiger partial charge in [-0.1, -0.05) is 19.4 Å². The lowest BCUT2D eigenvalue weighted by Gasteiger charge is -2.13. The standard InChI is InChI=1S/C15H24N2O2/c1-3-12(8-9-16)5-7-15(19)17-13-6-4-11(2)14(18)10-13/h4,6,10,12,18H,3,5,7-9,16H2,1-2H3,(H,17,19). The van der Waals surface area contributed by atoms with Crippen LogP contribution in [-0.4, -0.2) is 17.6 Å². The van der Waals surface area contributed by atoms with Crippen molar-refractivity contribution in [2.45, 2.75) is 39.5 Å². The highest BCUT2D eigenvalue weighted by molar-refractivity contribution is 5.90. The number of aromatic hydroxyl groups is 1. The normalized spacial score (nSPS) is 12.2. The van der Waals surface area contributed by atoms with Gasteiger partial charge in [-0.2, -0.15) is 0 Å². The fraction of sp³-hybridized carbons (Fsp3) is 0.533. The van der Waals surface area contributed by atoms with Gasteiger partial charge in [-0.3, -0.25) is 4.79 Å². The number of rotatable bonds is 7. The second-order valence-corrected chi connectivity index (χ2v) is 4.94. The van der Waals surface area contributed by atoms with Gasteiger partial charge in [0.2, 0.25) is 5.91 Å². The number of benzene rings is 1. The van der Waals surface area contributed by atoms with Gasteiger partial charge in [-0.15, -0.1) is 0 Å². The molecule has 0 aliphatic carbocycles. The van der Waals surface area contributed by atoms with E-state index in [-0.39, 0.29) is 11.7 Å². The van der Waals surface area contributed by atoms with Gasteiger partial charge >= 0.3 is 0 Å². The summed E-state index contributed by atoms with van der Waals surface area (Å²) in [6.07, 6.45) is 3.37. The van der Waals surface area contributed by atoms with Gasteiger partial charge in [0, 0.05) is 18.2 Å². The van der Waals surface area contributed by atoms with Gasteiger partial charge in [0.05, 0.1) is 0 Å². The Kier molecular flexibility index (Phi) is 6.36. The molecule has 0 aliphatic rings. The lowest BCUT2D eigenvalue weighted by atomic mass is 9.96. The summed E-state index contributed by atoms with van der Waals surface area (Å²) in [6.45, 7) is 4.61. The maximum atomic E-state index is 11.8. The first-order chi connectivity index (χ1) is 9.06. The molecule has 0 bridgehead atoms. The Morgan fingerprint density at radius 2 is 2.16 bits per heavy atom. The molecule has 4 nitrogen and oxygen atoms in total. The number of hydrogen-bond donors (Lipinski definition) is 3. The van der Waals surface area contributed by atoms with Crippen LogP contribution in [0.5, 0.6) is 5.75 Å². The van der Waals surface area contributed by atoms with E-state index in [0.717, 1.165) is 24.8 Å². The van der Waals surface area contributed by atoms with Crippen molar-refractivity contribution in [3.8, 4) is 5.75 Å². The van der Waals surface area contributed by atoms with Crippen molar-refractivity contribution in [3.63, 3.8) is 0 Å². The van der Waals surface area contributed by atoms with Crippen LogP contribution in [0.4, 0.5) is 5.69 Å². The molecule has 1 rings (SSSR count). The summed E-state index contributed by atoms with van der Waals surface area (Å²) < 4.78 is 0. The van der Waals surface area contributed by atoms with Crippen LogP contribution in [0.3, 0.4) is 0 Å². The molecule has 0 fully saturated rings. The first-order valence-electron chi connectivity index (χ1n) is 6.86. The number of amides is 1. The van der Waals surface area contributed by atoms with E-state index in [2.05, 4.69) is 12.2 Å². The maximum absolute atomic E-state index is 11.8. The van der Waals surface area contributed by atoms with Crippen molar-refractivity contribution in [2.24, 2.45) is 11.7 Å². The molecule has 0 saturated carbocycles. The second kappa shape index (κ2) is 7.79. The fourth-order valence-electron chi connectivity index (χ4n) is 2.03. The maximum Gasteiger partial charge on any atom is 0.224 e. The largest absolute Gasteiger partial charge is 0.508 e. The van der Waals surface area contributed by atoms with E-state index in [0.29, 0.717) is 24.6 Å². The zero-order chi connectivity index (χ0) is 14.3. The van der Waals surface area contributed by atoms with Crippen LogP contribution < -0.4 is 11.1 Å². The third-order valence-corrected chi connectivity index (χ3v) is 3.42. The third-order valence-electron chi connectivity index (χ3n) is 3.42. The summed E-state index contributed by atoms with van der Waals surface area (Å²) >= 11 is 0. The zero-order valence-electron chi connectivity index (χ0n) is 11.8. The summed E-state index contributed by atoms with van der Waals surface area (Å²) in [5, 5.41) is 12.4. The van der Waals surface area contributed by atoms with Crippen LogP contribution in [0.1, 0.15) is 38.2 Å². The van der Waals surface area contributed by atoms with Gasteiger partial charge in [0.15, 0.2) is 0 Å². The van der Waals surface area contributed by atoms with E-state index in [9.17, 15) is 9.90 Å². The van der Waals surface area contributed by atoms with Crippen molar-refractivity contribution >= 4 is 11.6 Å². The Morgan fingerprint density at radius 1 is 1.42 bits per heavy atom. The molecule has 19 heavy (non-hydrogen) atoms. The van der Waals surface area contributed by atoms with Crippen molar-refractivity contribution in [1.82, 2.24) is 0 Å². The number of phenolic OH excluding ortho intramolecular Hbond substituents is 1. The highest BCUT2D eigenvalue weighted by Gasteiger charge is 2.09. The average Bonchev–Trinajstić information content (AvgIpc) is 2.39. The Bertz CT molecular complexity index is 419. The lowest BCUT2D eigenvalue weighted by Crippen LogP contribution is -2.15. The number of anilines is 1. The molecule has 106 valence electrons. The van der Waals surface area contributed by atoms with Crippen LogP contribution in [0.2, 0.25) is 0 Å². The van der Waals surface area contributed by atoms with E-state index >= 15 is 0 Å². The molecular formula is C15H24N2O2. The number of hydrogen-bond acceptors (Lipinski definition) is 3. The highest BCUT2D eigenvalue weighted by atomic mass is 16.3. The predicted molar refractivity (Wildman–Crippen MR) is 78.2 cm³/mol. The topological polar surface area (TPSA) is 75.4 Å². The molecule has 0 aliphatic heterocycles. The number of aryl methyl sites for hydroxylation is 1. The predicted octanol–water partition coefficient (Wildman–Crippen LogP) is 2.79. The van der Waals surface area contributed by atoms with Crippen LogP contribution in [0.15, 0.2) is 18.2 Å². The van der Waals surface area contributed by atoms with Gasteiger partial charge < -0.3 is 16.2 Å². The second-order valence-electron chi connectivity index (χ2n) is 4.94. The van der Waals surface area contributed by atoms with Gasteiger partial charge in [-0.25, -0.2) is 0 Å². The van der Waals surface area contributed by atoms with E-state index < -0.39 is 0 Å². The molecule has 1 aromatic carbocycles. The third kappa shape index (κ3) is 5.30. The summed E-state index contributed by atoms with van der Waals surface area (Å²) in [5.74, 6) is 0.702. The molecule has 4 heteroatoms. The molecule has 1 amide bonds. The fourth-order valence-corrected chi connectivity index (χ4v) is 2.03. The van der Waals surface area contributed by atoms with Crippen molar-refractivity contribution < 1.29 is 9.90 Å². The molecule has 0 spiro atoms. The zero-order valence-corrected chi connectivity index (χ0v) is 11.8. The number of nitrogens with one attached hydrogen (secondary N) is 1. The Labute approximate surface area is 115 Å². The van der Waals surface area contributed by atoms with Crippen LogP contribution in [-0.2, 0) is 4.79 Å². The lowest BCUT2D eigenvalue weighted by molar-refractivity contribution is -0.116. The molecule has 0 radical (unpaired) electrons. The Morgan fingerprint density at radius 3 is 2.74 bits per heavy atom. The van der Waals surface area contributed by atoms with E-state index in [1.807, 2.05) is 6.92 Å². The van der Waals surface area contributed by atoms with Gasteiger partial charge in [0.25, 0.3) is 0 Å². The SMILES string of the molecule is CCC(CCN)CCC(=O)Nc1ccc(C)c(O)c1. The smallest absolute Gasteiger partial charge is 0.224 e. The first-order valence-corrected chi connectivity index (χ1v) is 6.86. The van der Waals surface area contributed by atoms with E-state index in [4.69, 9.17) is 5.73 Å². The summed E-state index contributed by atoms with van der Waals surface area (Å²) in [7, 11) is 0. The minimum atomic E-state index is -0.0151. The molecule has 1 unspecified atom stereocenters. The van der Waals surface area contributed by atoms with E-state index in [1.54, 1.807) is 18.2 Å². The quantitative estimate of drug-likeness (QED) is 0.709. The molecule has 0 saturated heterocycles. The number of nitrogens with two attached hydrogens (primary N) is 1. The molecule has 0 aromatic heterocycles. The minimum absolute atomic E-state index is 0.0151. The number of phenols is 1. The number of carbonyl (C=O) groups is 1. The van der Waals surface area contributed by atoms with Gasteiger partial charge in [0.1, 0.15) is 5.75 Å². The number of carbonyl (C=O) groups excluding carboxylic acids is 1. The van der Waals surface area contributed by atoms with Crippen molar-refractivity contribution in [1.29, 1.82) is 0 Å². The molecule has 1 aromatic rings. The monoisotopic (exact) mass is 264 g/mol. The van der Waals surface area contributed by atoms with Crippen molar-refractivity contribution in [2.75, 3.05) is 11.9 Å². The van der Waals surface area contributed by atoms with Crippen LogP contribution in [0.25, 0.3) is 0 Å². The summed E-state index contributed by atoms with van der Waals surface area (Å²) in [5.41, 5.74) is 6.97. The summed E-state index contributed by atoms with van der Waals surface area (Å²) in [4.78, 5) is 11.8. The average molecular weight is 264 g/mol. The van der Waals surface area contributed by atoms with Gasteiger partial charge in [-0.05, 0) is 43.9 Å². The van der Waals surface area contributed by atoms with Crippen LogP contribution in [0, 0.1) is 12.8 Å². The minimum Gasteiger partial charge on any atom is -0.508 e. The van der Waals surface area contributed by atoms with Crippen molar-refractivity contribution in [3.05, 3.63) is 23.8 Å². The molecule has 1 atom stereocenters. The summed E-state index contributed by atoms with van der Waals surface area (Å²) in [6, 6.07) is 5.16. The molecule has 4 N–H and O–H groups in total. The van der Waals surface area contributed by atoms with Crippen LogP contribution >= 0.6 is 0 Å². The molecule has 0 heterocycles. The first kappa shape index (κ1) is 15.5.